The first kappa shape index (κ1) is 12.2. The van der Waals surface area contributed by atoms with Gasteiger partial charge < -0.3 is 9.67 Å². The average Bonchev–Trinajstić information content (AvgIpc) is 3.07. The lowest BCUT2D eigenvalue weighted by Gasteiger charge is -2.41. The molecule has 20 heavy (non-hydrogen) atoms. The van der Waals surface area contributed by atoms with Gasteiger partial charge in [0.25, 0.3) is 0 Å². The van der Waals surface area contributed by atoms with Crippen molar-refractivity contribution in [2.24, 2.45) is 11.8 Å². The van der Waals surface area contributed by atoms with E-state index in [4.69, 9.17) is 0 Å². The molecule has 2 atom stereocenters. The van der Waals surface area contributed by atoms with Crippen LogP contribution in [0.25, 0.3) is 0 Å². The number of nitrogens with zero attached hydrogens (tertiary/aromatic N) is 2. The fraction of sp³-hybridized carbons (Fsp3) is 0.471. The third-order valence-corrected chi connectivity index (χ3v) is 5.19. The van der Waals surface area contributed by atoms with Crippen molar-refractivity contribution < 1.29 is 5.11 Å². The zero-order valence-electron chi connectivity index (χ0n) is 11.5. The molecule has 104 valence electrons. The molecule has 2 saturated carbocycles. The van der Waals surface area contributed by atoms with Crippen LogP contribution in [0.15, 0.2) is 48.9 Å². The van der Waals surface area contributed by atoms with Crippen molar-refractivity contribution in [2.75, 3.05) is 0 Å². The van der Waals surface area contributed by atoms with Crippen LogP contribution in [0.1, 0.15) is 37.4 Å². The third kappa shape index (κ3) is 1.80. The molecular weight excluding hydrogens is 248 g/mol. The monoisotopic (exact) mass is 268 g/mol. The fourth-order valence-corrected chi connectivity index (χ4v) is 4.43. The maximum atomic E-state index is 11.1. The Morgan fingerprint density at radius 3 is 2.35 bits per heavy atom. The van der Waals surface area contributed by atoms with E-state index in [1.165, 1.54) is 12.8 Å². The molecule has 2 heterocycles. The van der Waals surface area contributed by atoms with Gasteiger partial charge in [0.1, 0.15) is 5.60 Å². The van der Waals surface area contributed by atoms with E-state index in [0.29, 0.717) is 17.9 Å². The summed E-state index contributed by atoms with van der Waals surface area (Å²) >= 11 is 0. The normalized spacial score (nSPS) is 36.1. The van der Waals surface area contributed by atoms with Gasteiger partial charge in [0, 0.05) is 24.6 Å². The van der Waals surface area contributed by atoms with Crippen LogP contribution < -0.4 is 0 Å². The van der Waals surface area contributed by atoms with E-state index in [9.17, 15) is 5.11 Å². The number of hydrogen-bond acceptors (Lipinski definition) is 2. The number of hydrogen-bond donors (Lipinski definition) is 1. The summed E-state index contributed by atoms with van der Waals surface area (Å²) in [5, 5.41) is 11.1. The van der Waals surface area contributed by atoms with Gasteiger partial charge in [-0.15, -0.1) is 0 Å². The molecule has 0 aromatic carbocycles. The molecule has 1 N–H and O–H groups in total. The highest BCUT2D eigenvalue weighted by atomic mass is 16.3. The maximum Gasteiger partial charge on any atom is 0.107 e. The largest absolute Gasteiger partial charge is 0.384 e. The molecule has 0 aliphatic heterocycles. The van der Waals surface area contributed by atoms with Gasteiger partial charge in [-0.3, -0.25) is 4.98 Å². The first-order valence-corrected chi connectivity index (χ1v) is 7.53. The zero-order chi connectivity index (χ0) is 13.6. The van der Waals surface area contributed by atoms with Crippen molar-refractivity contribution in [1.29, 1.82) is 0 Å². The molecule has 2 aliphatic rings. The van der Waals surface area contributed by atoms with Crippen LogP contribution >= 0.6 is 0 Å². The second kappa shape index (κ2) is 4.45. The summed E-state index contributed by atoms with van der Waals surface area (Å²) in [5.41, 5.74) is 0.124. The molecule has 0 radical (unpaired) electrons. The number of rotatable bonds is 2. The summed E-state index contributed by atoms with van der Waals surface area (Å²) in [6.45, 7) is 0. The summed E-state index contributed by atoms with van der Waals surface area (Å²) in [7, 11) is 0. The van der Waals surface area contributed by atoms with Gasteiger partial charge in [0.2, 0.25) is 0 Å². The number of aromatic nitrogens is 2. The molecule has 0 unspecified atom stereocenters. The Balaban J connectivity index is 1.65. The first-order chi connectivity index (χ1) is 9.76. The molecule has 0 saturated heterocycles. The van der Waals surface area contributed by atoms with Gasteiger partial charge in [-0.1, -0.05) is 6.07 Å². The van der Waals surface area contributed by atoms with Crippen molar-refractivity contribution in [3.05, 3.63) is 54.6 Å². The van der Waals surface area contributed by atoms with Gasteiger partial charge in [-0.2, -0.15) is 0 Å². The van der Waals surface area contributed by atoms with E-state index < -0.39 is 5.60 Å². The van der Waals surface area contributed by atoms with Crippen molar-refractivity contribution in [3.63, 3.8) is 0 Å². The molecule has 0 spiro atoms. The second-order valence-corrected chi connectivity index (χ2v) is 6.37. The molecular formula is C17H20N2O. The summed E-state index contributed by atoms with van der Waals surface area (Å²) in [6.07, 6.45) is 10.2. The number of aliphatic hydroxyl groups is 1. The van der Waals surface area contributed by atoms with Gasteiger partial charge >= 0.3 is 0 Å². The molecule has 2 aromatic rings. The Hall–Kier alpha value is -1.61. The molecule has 2 aromatic heterocycles. The average molecular weight is 268 g/mol. The minimum absolute atomic E-state index is 0.563. The molecule has 3 heteroatoms. The van der Waals surface area contributed by atoms with E-state index in [-0.39, 0.29) is 0 Å². The lowest BCUT2D eigenvalue weighted by atomic mass is 9.72. The Morgan fingerprint density at radius 1 is 1.05 bits per heavy atom. The maximum absolute atomic E-state index is 11.1. The van der Waals surface area contributed by atoms with Crippen molar-refractivity contribution in [2.45, 2.75) is 37.3 Å². The van der Waals surface area contributed by atoms with Gasteiger partial charge in [0.05, 0.1) is 5.69 Å². The van der Waals surface area contributed by atoms with E-state index in [1.807, 2.05) is 18.2 Å². The molecule has 2 bridgehead atoms. The highest BCUT2D eigenvalue weighted by Crippen LogP contribution is 2.55. The quantitative estimate of drug-likeness (QED) is 0.908. The van der Waals surface area contributed by atoms with E-state index >= 15 is 0 Å². The molecule has 3 nitrogen and oxygen atoms in total. The topological polar surface area (TPSA) is 38.1 Å². The SMILES string of the molecule is OC1(c2ccccn2)C[C@H]2CC[C@H](C1)C2n1cccc1. The first-order valence-electron chi connectivity index (χ1n) is 7.53. The second-order valence-electron chi connectivity index (χ2n) is 6.37. The van der Waals surface area contributed by atoms with Crippen LogP contribution in [0.2, 0.25) is 0 Å². The van der Waals surface area contributed by atoms with Crippen LogP contribution in [-0.4, -0.2) is 14.7 Å². The molecule has 2 aliphatic carbocycles. The van der Waals surface area contributed by atoms with Gasteiger partial charge in [0.15, 0.2) is 0 Å². The fourth-order valence-electron chi connectivity index (χ4n) is 4.43. The summed E-state index contributed by atoms with van der Waals surface area (Å²) in [5.74, 6) is 1.13. The third-order valence-electron chi connectivity index (χ3n) is 5.19. The number of pyridine rings is 1. The summed E-state index contributed by atoms with van der Waals surface area (Å²) < 4.78 is 2.35. The predicted octanol–water partition coefficient (Wildman–Crippen LogP) is 3.13. The lowest BCUT2D eigenvalue weighted by molar-refractivity contribution is -0.0468. The van der Waals surface area contributed by atoms with Crippen LogP contribution in [0, 0.1) is 11.8 Å². The van der Waals surface area contributed by atoms with E-state index in [2.05, 4.69) is 34.1 Å². The minimum atomic E-state index is -0.725. The van der Waals surface area contributed by atoms with Crippen LogP contribution in [-0.2, 0) is 5.60 Å². The minimum Gasteiger partial charge on any atom is -0.384 e. The van der Waals surface area contributed by atoms with E-state index in [1.54, 1.807) is 6.20 Å². The Kier molecular flexibility index (Phi) is 2.71. The van der Waals surface area contributed by atoms with Crippen LogP contribution in [0.5, 0.6) is 0 Å². The van der Waals surface area contributed by atoms with Crippen molar-refractivity contribution in [3.8, 4) is 0 Å². The Morgan fingerprint density at radius 2 is 1.75 bits per heavy atom. The molecule has 4 rings (SSSR count). The number of fused-ring (bicyclic) bond motifs is 2. The summed E-state index contributed by atoms with van der Waals surface area (Å²) in [4.78, 5) is 4.40. The lowest BCUT2D eigenvalue weighted by Crippen LogP contribution is -2.39. The van der Waals surface area contributed by atoms with E-state index in [0.717, 1.165) is 18.5 Å². The van der Waals surface area contributed by atoms with Gasteiger partial charge in [-0.05, 0) is 61.8 Å². The molecule has 2 fully saturated rings. The zero-order valence-corrected chi connectivity index (χ0v) is 11.5. The Bertz CT molecular complexity index is 564. The smallest absolute Gasteiger partial charge is 0.107 e. The predicted molar refractivity (Wildman–Crippen MR) is 77.1 cm³/mol. The summed E-state index contributed by atoms with van der Waals surface area (Å²) in [6, 6.07) is 10.6. The van der Waals surface area contributed by atoms with Gasteiger partial charge in [-0.25, -0.2) is 0 Å². The highest BCUT2D eigenvalue weighted by molar-refractivity contribution is 5.17. The van der Waals surface area contributed by atoms with Crippen LogP contribution in [0.4, 0.5) is 0 Å². The van der Waals surface area contributed by atoms with Crippen molar-refractivity contribution in [1.82, 2.24) is 9.55 Å². The standard InChI is InChI=1S/C17H20N2O/c20-17(15-5-1-2-8-18-15)11-13-6-7-14(12-17)16(13)19-9-3-4-10-19/h1-5,8-10,13-14,16,20H,6-7,11-12H2/t13-,14-,16?,17?/m1/s1. The Labute approximate surface area is 119 Å². The van der Waals surface area contributed by atoms with Crippen LogP contribution in [0.3, 0.4) is 0 Å². The molecule has 0 amide bonds. The highest BCUT2D eigenvalue weighted by Gasteiger charge is 2.50. The van der Waals surface area contributed by atoms with Crippen molar-refractivity contribution >= 4 is 0 Å².